The zero-order valence-corrected chi connectivity index (χ0v) is 22.6. The quantitative estimate of drug-likeness (QED) is 0.368. The molecule has 1 N–H and O–H groups in total. The number of carbonyl (C=O) groups excluding carboxylic acids is 1. The number of hydrogen-bond acceptors (Lipinski definition) is 8. The molecule has 1 aliphatic rings. The molecule has 204 valence electrons. The number of anilines is 1. The van der Waals surface area contributed by atoms with E-state index in [1.165, 1.54) is 16.4 Å². The van der Waals surface area contributed by atoms with Gasteiger partial charge in [0.05, 0.1) is 43.2 Å². The Kier molecular flexibility index (Phi) is 10.1. The molecule has 2 aromatic rings. The molecule has 1 aliphatic heterocycles. The van der Waals surface area contributed by atoms with Crippen molar-refractivity contribution in [2.75, 3.05) is 63.2 Å². The van der Waals surface area contributed by atoms with Crippen LogP contribution in [-0.4, -0.2) is 85.9 Å². The van der Waals surface area contributed by atoms with Gasteiger partial charge in [0.25, 0.3) is 0 Å². The molecular weight excluding hydrogens is 522 g/mol. The normalized spacial score (nSPS) is 14.6. The second-order valence-corrected chi connectivity index (χ2v) is 12.1. The maximum atomic E-state index is 12.7. The van der Waals surface area contributed by atoms with Crippen LogP contribution in [0.5, 0.6) is 11.5 Å². The van der Waals surface area contributed by atoms with Gasteiger partial charge in [0, 0.05) is 13.1 Å². The maximum Gasteiger partial charge on any atom is 0.243 e. The van der Waals surface area contributed by atoms with Crippen molar-refractivity contribution in [3.63, 3.8) is 0 Å². The molecule has 0 saturated carbocycles. The summed E-state index contributed by atoms with van der Waals surface area (Å²) in [5.41, 5.74) is 0.352. The highest BCUT2D eigenvalue weighted by molar-refractivity contribution is 7.92. The highest BCUT2D eigenvalue weighted by Crippen LogP contribution is 2.22. The van der Waals surface area contributed by atoms with E-state index in [0.717, 1.165) is 17.0 Å². The van der Waals surface area contributed by atoms with Crippen LogP contribution in [0.4, 0.5) is 5.69 Å². The summed E-state index contributed by atoms with van der Waals surface area (Å²) < 4.78 is 68.6. The van der Waals surface area contributed by atoms with Gasteiger partial charge in [-0.05, 0) is 55.0 Å². The SMILES string of the molecule is CCCOc1ccc(N(CC(=O)NCCOc2ccc(S(=O)(=O)N3CCOCC3)cc2)S(C)(=O)=O)cc1. The van der Waals surface area contributed by atoms with E-state index in [0.29, 0.717) is 50.1 Å². The van der Waals surface area contributed by atoms with Crippen LogP contribution in [0, 0.1) is 0 Å². The fraction of sp³-hybridized carbons (Fsp3) is 0.458. The molecule has 0 unspecified atom stereocenters. The Bertz CT molecular complexity index is 1230. The smallest absolute Gasteiger partial charge is 0.243 e. The number of morpholine rings is 1. The summed E-state index contributed by atoms with van der Waals surface area (Å²) in [7, 11) is -7.29. The molecule has 13 heteroatoms. The molecule has 1 amide bonds. The Morgan fingerprint density at radius 2 is 1.51 bits per heavy atom. The molecular formula is C24H33N3O8S2. The van der Waals surface area contributed by atoms with E-state index in [-0.39, 0.29) is 24.6 Å². The van der Waals surface area contributed by atoms with Crippen molar-refractivity contribution in [3.05, 3.63) is 48.5 Å². The summed E-state index contributed by atoms with van der Waals surface area (Å²) in [4.78, 5) is 12.6. The molecule has 2 aromatic carbocycles. The zero-order chi connectivity index (χ0) is 26.9. The van der Waals surface area contributed by atoms with Crippen molar-refractivity contribution >= 4 is 31.6 Å². The van der Waals surface area contributed by atoms with Gasteiger partial charge in [-0.1, -0.05) is 6.92 Å². The van der Waals surface area contributed by atoms with Gasteiger partial charge in [-0.25, -0.2) is 16.8 Å². The highest BCUT2D eigenvalue weighted by Gasteiger charge is 2.26. The Balaban J connectivity index is 1.48. The summed E-state index contributed by atoms with van der Waals surface area (Å²) in [5.74, 6) is 0.568. The van der Waals surface area contributed by atoms with Crippen molar-refractivity contribution < 1.29 is 35.8 Å². The van der Waals surface area contributed by atoms with E-state index in [1.807, 2.05) is 6.92 Å². The first kappa shape index (κ1) is 28.7. The Morgan fingerprint density at radius 3 is 2.08 bits per heavy atom. The number of amides is 1. The van der Waals surface area contributed by atoms with Crippen LogP contribution in [0.2, 0.25) is 0 Å². The number of rotatable bonds is 13. The van der Waals surface area contributed by atoms with Crippen LogP contribution in [0.25, 0.3) is 0 Å². The fourth-order valence-electron chi connectivity index (χ4n) is 3.52. The molecule has 0 aliphatic carbocycles. The molecule has 3 rings (SSSR count). The van der Waals surface area contributed by atoms with Gasteiger partial charge in [-0.3, -0.25) is 9.10 Å². The molecule has 11 nitrogen and oxygen atoms in total. The number of benzene rings is 2. The van der Waals surface area contributed by atoms with Gasteiger partial charge in [0.1, 0.15) is 24.7 Å². The number of hydrogen-bond donors (Lipinski definition) is 1. The second-order valence-electron chi connectivity index (χ2n) is 8.30. The van der Waals surface area contributed by atoms with Crippen LogP contribution in [0.1, 0.15) is 13.3 Å². The van der Waals surface area contributed by atoms with Crippen molar-refractivity contribution in [1.82, 2.24) is 9.62 Å². The topological polar surface area (TPSA) is 132 Å². The third kappa shape index (κ3) is 8.32. The summed E-state index contributed by atoms with van der Waals surface area (Å²) in [6.07, 6.45) is 1.89. The fourth-order valence-corrected chi connectivity index (χ4v) is 5.78. The van der Waals surface area contributed by atoms with Crippen LogP contribution >= 0.6 is 0 Å². The molecule has 1 saturated heterocycles. The standard InChI is InChI=1S/C24H33N3O8S2/c1-3-15-34-21-6-4-20(5-7-21)27(36(2,29)30)19-24(28)25-12-16-35-22-8-10-23(11-9-22)37(31,32)26-13-17-33-18-14-26/h4-11H,3,12-19H2,1-2H3,(H,25,28). The lowest BCUT2D eigenvalue weighted by Gasteiger charge is -2.26. The highest BCUT2D eigenvalue weighted by atomic mass is 32.2. The van der Waals surface area contributed by atoms with Crippen LogP contribution in [-0.2, 0) is 29.6 Å². The second kappa shape index (κ2) is 13.1. The number of nitrogens with one attached hydrogen (secondary N) is 1. The van der Waals surface area contributed by atoms with Crippen LogP contribution in [0.15, 0.2) is 53.4 Å². The monoisotopic (exact) mass is 555 g/mol. The third-order valence-electron chi connectivity index (χ3n) is 5.41. The molecule has 1 heterocycles. The lowest BCUT2D eigenvalue weighted by atomic mass is 10.3. The van der Waals surface area contributed by atoms with E-state index in [2.05, 4.69) is 5.32 Å². The van der Waals surface area contributed by atoms with Crippen molar-refractivity contribution in [3.8, 4) is 11.5 Å². The average Bonchev–Trinajstić information content (AvgIpc) is 2.89. The Hall–Kier alpha value is -2.87. The largest absolute Gasteiger partial charge is 0.494 e. The third-order valence-corrected chi connectivity index (χ3v) is 8.46. The van der Waals surface area contributed by atoms with Gasteiger partial charge >= 0.3 is 0 Å². The van der Waals surface area contributed by atoms with Crippen LogP contribution < -0.4 is 19.1 Å². The predicted molar refractivity (Wildman–Crippen MR) is 139 cm³/mol. The molecule has 0 bridgehead atoms. The zero-order valence-electron chi connectivity index (χ0n) is 21.0. The molecule has 37 heavy (non-hydrogen) atoms. The molecule has 0 atom stereocenters. The molecule has 0 aromatic heterocycles. The maximum absolute atomic E-state index is 12.7. The average molecular weight is 556 g/mol. The number of sulfonamides is 2. The molecule has 1 fully saturated rings. The predicted octanol–water partition coefficient (Wildman–Crippen LogP) is 1.46. The van der Waals surface area contributed by atoms with Crippen molar-refractivity contribution in [1.29, 1.82) is 0 Å². The van der Waals surface area contributed by atoms with Gasteiger partial charge in [-0.15, -0.1) is 0 Å². The lowest BCUT2D eigenvalue weighted by Crippen LogP contribution is -2.41. The molecule has 0 spiro atoms. The van der Waals surface area contributed by atoms with Gasteiger partial charge in [0.15, 0.2) is 0 Å². The van der Waals surface area contributed by atoms with E-state index in [4.69, 9.17) is 14.2 Å². The number of nitrogens with zero attached hydrogens (tertiary/aromatic N) is 2. The van der Waals surface area contributed by atoms with Crippen LogP contribution in [0.3, 0.4) is 0 Å². The summed E-state index contributed by atoms with van der Waals surface area (Å²) in [6, 6.07) is 12.5. The van der Waals surface area contributed by atoms with E-state index in [9.17, 15) is 21.6 Å². The Morgan fingerprint density at radius 1 is 0.946 bits per heavy atom. The molecule has 0 radical (unpaired) electrons. The summed E-state index contributed by atoms with van der Waals surface area (Å²) in [5, 5.41) is 2.63. The first-order valence-corrected chi connectivity index (χ1v) is 15.2. The van der Waals surface area contributed by atoms with E-state index < -0.39 is 26.0 Å². The van der Waals surface area contributed by atoms with Crippen molar-refractivity contribution in [2.24, 2.45) is 0 Å². The first-order chi connectivity index (χ1) is 17.6. The van der Waals surface area contributed by atoms with E-state index in [1.54, 1.807) is 36.4 Å². The van der Waals surface area contributed by atoms with Gasteiger partial charge in [-0.2, -0.15) is 4.31 Å². The number of ether oxygens (including phenoxy) is 3. The minimum atomic E-state index is -3.70. The number of carbonyl (C=O) groups is 1. The Labute approximate surface area is 218 Å². The minimum Gasteiger partial charge on any atom is -0.494 e. The summed E-state index contributed by atoms with van der Waals surface area (Å²) >= 11 is 0. The van der Waals surface area contributed by atoms with Crippen molar-refractivity contribution in [2.45, 2.75) is 18.2 Å². The van der Waals surface area contributed by atoms with Gasteiger partial charge in [0.2, 0.25) is 26.0 Å². The minimum absolute atomic E-state index is 0.115. The van der Waals surface area contributed by atoms with Gasteiger partial charge < -0.3 is 19.5 Å². The first-order valence-electron chi connectivity index (χ1n) is 11.9. The summed E-state index contributed by atoms with van der Waals surface area (Å²) in [6.45, 7) is 3.77. The van der Waals surface area contributed by atoms with E-state index >= 15 is 0 Å². The lowest BCUT2D eigenvalue weighted by molar-refractivity contribution is -0.119.